The van der Waals surface area contributed by atoms with Crippen LogP contribution in [0.2, 0.25) is 0 Å². The summed E-state index contributed by atoms with van der Waals surface area (Å²) in [6, 6.07) is 5.89. The van der Waals surface area contributed by atoms with E-state index in [4.69, 9.17) is 0 Å². The Morgan fingerprint density at radius 2 is 1.93 bits per heavy atom. The van der Waals surface area contributed by atoms with Crippen molar-refractivity contribution in [2.75, 3.05) is 38.6 Å². The van der Waals surface area contributed by atoms with E-state index in [1.165, 1.54) is 6.42 Å². The van der Waals surface area contributed by atoms with E-state index in [2.05, 4.69) is 19.9 Å². The molecule has 7 nitrogen and oxygen atoms in total. The minimum atomic E-state index is 0.0491. The smallest absolute Gasteiger partial charge is 0.272 e. The minimum absolute atomic E-state index is 0.0491. The fourth-order valence-corrected chi connectivity index (χ4v) is 4.08. The van der Waals surface area contributed by atoms with E-state index in [1.54, 1.807) is 12.3 Å². The molecule has 0 unspecified atom stereocenters. The van der Waals surface area contributed by atoms with Crippen LogP contribution in [0.15, 0.2) is 36.8 Å². The summed E-state index contributed by atoms with van der Waals surface area (Å²) in [5, 5.41) is 0. The van der Waals surface area contributed by atoms with Crippen LogP contribution in [0.4, 0.5) is 5.95 Å². The molecule has 3 aliphatic heterocycles. The first-order valence-electron chi connectivity index (χ1n) is 9.53. The zero-order valence-corrected chi connectivity index (χ0v) is 16.0. The van der Waals surface area contributed by atoms with Crippen molar-refractivity contribution < 1.29 is 4.79 Å². The molecule has 3 saturated heterocycles. The highest BCUT2D eigenvalue weighted by molar-refractivity contribution is 5.92. The zero-order valence-electron chi connectivity index (χ0n) is 16.0. The van der Waals surface area contributed by atoms with Gasteiger partial charge in [0.1, 0.15) is 5.69 Å². The largest absolute Gasteiger partial charge is 0.347 e. The van der Waals surface area contributed by atoms with Gasteiger partial charge in [0.05, 0.1) is 0 Å². The standard InChI is InChI=1S/C20H26N6O/c1-24(2)20-22-9-16(10-23-20)13-25-11-15-6-7-17(25)14-26(12-15)19(27)18-5-3-4-8-21-18/h3-5,8-10,15,17H,6-7,11-14H2,1-2H3/t15-,17-/m1/s1. The summed E-state index contributed by atoms with van der Waals surface area (Å²) in [6.45, 7) is 3.44. The fourth-order valence-electron chi connectivity index (χ4n) is 4.08. The number of rotatable bonds is 4. The van der Waals surface area contributed by atoms with Gasteiger partial charge in [-0.3, -0.25) is 14.7 Å². The molecule has 1 amide bonds. The van der Waals surface area contributed by atoms with E-state index in [0.29, 0.717) is 17.7 Å². The van der Waals surface area contributed by atoms with Crippen LogP contribution in [0.5, 0.6) is 0 Å². The van der Waals surface area contributed by atoms with E-state index in [0.717, 1.165) is 44.1 Å². The van der Waals surface area contributed by atoms with Gasteiger partial charge in [-0.1, -0.05) is 6.07 Å². The average molecular weight is 366 g/mol. The molecule has 2 aromatic heterocycles. The normalized spacial score (nSPS) is 22.5. The first kappa shape index (κ1) is 17.9. The van der Waals surface area contributed by atoms with E-state index in [9.17, 15) is 4.79 Å². The lowest BCUT2D eigenvalue weighted by Gasteiger charge is -2.35. The van der Waals surface area contributed by atoms with E-state index in [-0.39, 0.29) is 5.91 Å². The maximum absolute atomic E-state index is 12.9. The van der Waals surface area contributed by atoms with Gasteiger partial charge in [-0.15, -0.1) is 0 Å². The Hall–Kier alpha value is -2.54. The van der Waals surface area contributed by atoms with Crippen LogP contribution < -0.4 is 4.90 Å². The van der Waals surface area contributed by atoms with Crippen LogP contribution in [0.3, 0.4) is 0 Å². The summed E-state index contributed by atoms with van der Waals surface area (Å²) in [6.07, 6.45) is 7.83. The topological polar surface area (TPSA) is 65.5 Å². The number of anilines is 1. The van der Waals surface area contributed by atoms with Crippen LogP contribution in [0.25, 0.3) is 0 Å². The number of amides is 1. The average Bonchev–Trinajstić information content (AvgIpc) is 3.00. The Morgan fingerprint density at radius 3 is 2.63 bits per heavy atom. The maximum Gasteiger partial charge on any atom is 0.272 e. The van der Waals surface area contributed by atoms with Crippen molar-refractivity contribution in [2.24, 2.45) is 5.92 Å². The van der Waals surface area contributed by atoms with Gasteiger partial charge < -0.3 is 9.80 Å². The molecule has 5 heterocycles. The summed E-state index contributed by atoms with van der Waals surface area (Å²) >= 11 is 0. The predicted molar refractivity (Wildman–Crippen MR) is 103 cm³/mol. The molecule has 27 heavy (non-hydrogen) atoms. The molecule has 0 spiro atoms. The second-order valence-electron chi connectivity index (χ2n) is 7.74. The Balaban J connectivity index is 1.46. The third-order valence-corrected chi connectivity index (χ3v) is 5.48. The monoisotopic (exact) mass is 366 g/mol. The molecule has 2 aromatic rings. The first-order valence-corrected chi connectivity index (χ1v) is 9.53. The summed E-state index contributed by atoms with van der Waals surface area (Å²) in [5.74, 6) is 1.29. The Labute approximate surface area is 160 Å². The van der Waals surface area contributed by atoms with E-state index >= 15 is 0 Å². The zero-order chi connectivity index (χ0) is 18.8. The van der Waals surface area contributed by atoms with Crippen LogP contribution in [0, 0.1) is 5.92 Å². The number of nitrogens with zero attached hydrogens (tertiary/aromatic N) is 6. The molecular formula is C20H26N6O. The van der Waals surface area contributed by atoms with Crippen molar-refractivity contribution in [1.82, 2.24) is 24.8 Å². The number of hydrogen-bond donors (Lipinski definition) is 0. The highest BCUT2D eigenvalue weighted by Gasteiger charge is 2.36. The van der Waals surface area contributed by atoms with Crippen molar-refractivity contribution >= 4 is 11.9 Å². The molecule has 2 bridgehead atoms. The van der Waals surface area contributed by atoms with E-state index < -0.39 is 0 Å². The highest BCUT2D eigenvalue weighted by atomic mass is 16.2. The highest BCUT2D eigenvalue weighted by Crippen LogP contribution is 2.29. The summed E-state index contributed by atoms with van der Waals surface area (Å²) in [4.78, 5) is 32.3. The Bertz CT molecular complexity index is 779. The lowest BCUT2D eigenvalue weighted by molar-refractivity contribution is 0.0730. The van der Waals surface area contributed by atoms with Gasteiger partial charge >= 0.3 is 0 Å². The SMILES string of the molecule is CN(C)c1ncc(CN2C[C@H]3CC[C@@H]2CN(C(=O)c2ccccn2)C3)cn1. The third-order valence-electron chi connectivity index (χ3n) is 5.48. The van der Waals surface area contributed by atoms with Gasteiger partial charge in [-0.05, 0) is 30.9 Å². The molecule has 0 saturated carbocycles. The van der Waals surface area contributed by atoms with Crippen LogP contribution >= 0.6 is 0 Å². The predicted octanol–water partition coefficient (Wildman–Crippen LogP) is 1.67. The van der Waals surface area contributed by atoms with Gasteiger partial charge in [0.15, 0.2) is 0 Å². The van der Waals surface area contributed by atoms with Crippen LogP contribution in [-0.4, -0.2) is 70.4 Å². The van der Waals surface area contributed by atoms with Crippen molar-refractivity contribution in [3.8, 4) is 0 Å². The molecule has 3 aliphatic rings. The molecule has 7 heteroatoms. The Kier molecular flexibility index (Phi) is 5.03. The van der Waals surface area contributed by atoms with Gasteiger partial charge in [0.25, 0.3) is 5.91 Å². The quantitative estimate of drug-likeness (QED) is 0.820. The van der Waals surface area contributed by atoms with Crippen molar-refractivity contribution in [2.45, 2.75) is 25.4 Å². The second-order valence-corrected chi connectivity index (χ2v) is 7.74. The number of carbonyl (C=O) groups is 1. The van der Waals surface area contributed by atoms with Crippen molar-refractivity contribution in [3.63, 3.8) is 0 Å². The lowest BCUT2D eigenvalue weighted by atomic mass is 9.95. The van der Waals surface area contributed by atoms with E-state index in [1.807, 2.05) is 48.4 Å². The number of aromatic nitrogens is 3. The molecule has 2 atom stereocenters. The van der Waals surface area contributed by atoms with Crippen LogP contribution in [0.1, 0.15) is 28.9 Å². The molecule has 3 fully saturated rings. The number of carbonyl (C=O) groups excluding carboxylic acids is 1. The molecule has 0 aliphatic carbocycles. The van der Waals surface area contributed by atoms with Crippen molar-refractivity contribution in [3.05, 3.63) is 48.0 Å². The molecule has 5 rings (SSSR count). The van der Waals surface area contributed by atoms with Crippen molar-refractivity contribution in [1.29, 1.82) is 0 Å². The number of pyridine rings is 1. The Morgan fingerprint density at radius 1 is 1.11 bits per heavy atom. The second kappa shape index (κ2) is 7.60. The number of hydrogen-bond acceptors (Lipinski definition) is 6. The molecule has 142 valence electrons. The van der Waals surface area contributed by atoms with Gasteiger partial charge in [-0.2, -0.15) is 0 Å². The summed E-state index contributed by atoms with van der Waals surface area (Å²) in [5.41, 5.74) is 1.66. The molecular weight excluding hydrogens is 340 g/mol. The van der Waals surface area contributed by atoms with Gasteiger partial charge in [0.2, 0.25) is 5.95 Å². The minimum Gasteiger partial charge on any atom is -0.347 e. The van der Waals surface area contributed by atoms with Gasteiger partial charge in [0, 0.05) is 70.5 Å². The number of fused-ring (bicyclic) bond motifs is 4. The maximum atomic E-state index is 12.9. The third kappa shape index (κ3) is 3.93. The lowest BCUT2D eigenvalue weighted by Crippen LogP contribution is -2.44. The van der Waals surface area contributed by atoms with Crippen LogP contribution in [-0.2, 0) is 6.54 Å². The summed E-state index contributed by atoms with van der Waals surface area (Å²) < 4.78 is 0. The van der Waals surface area contributed by atoms with Gasteiger partial charge in [-0.25, -0.2) is 9.97 Å². The number of piperidine rings is 1. The molecule has 0 radical (unpaired) electrons. The summed E-state index contributed by atoms with van der Waals surface area (Å²) in [7, 11) is 3.88. The molecule has 0 aromatic carbocycles. The fraction of sp³-hybridized carbons (Fsp3) is 0.500. The molecule has 0 N–H and O–H groups in total. The first-order chi connectivity index (χ1) is 13.1.